The van der Waals surface area contributed by atoms with Crippen LogP contribution in [0.5, 0.6) is 0 Å². The van der Waals surface area contributed by atoms with Gasteiger partial charge in [-0.15, -0.1) is 0 Å². The highest BCUT2D eigenvalue weighted by Gasteiger charge is 2.13. The van der Waals surface area contributed by atoms with E-state index < -0.39 is 5.91 Å². The fraction of sp³-hybridized carbons (Fsp3) is 0.0500. The minimum Gasteiger partial charge on any atom is -0.322 e. The van der Waals surface area contributed by atoms with Gasteiger partial charge in [-0.2, -0.15) is 0 Å². The number of anilines is 2. The Labute approximate surface area is 156 Å². The Morgan fingerprint density at radius 2 is 1.73 bits per heavy atom. The number of carbonyl (C=O) groups excluding carboxylic acids is 2. The van der Waals surface area contributed by atoms with E-state index in [1.165, 1.54) is 12.3 Å². The van der Waals surface area contributed by atoms with Crippen LogP contribution in [0.1, 0.15) is 26.4 Å². The molecular weight excluding hydrogens is 350 g/mol. The predicted molar refractivity (Wildman–Crippen MR) is 103 cm³/mol. The second-order valence-electron chi connectivity index (χ2n) is 5.66. The molecule has 0 saturated heterocycles. The monoisotopic (exact) mass is 365 g/mol. The van der Waals surface area contributed by atoms with Crippen molar-refractivity contribution in [2.75, 3.05) is 10.6 Å². The van der Waals surface area contributed by atoms with Crippen molar-refractivity contribution in [3.05, 3.63) is 88.7 Å². The molecular formula is C20H16ClN3O2. The van der Waals surface area contributed by atoms with Crippen molar-refractivity contribution in [1.29, 1.82) is 0 Å². The van der Waals surface area contributed by atoms with Crippen LogP contribution in [0.4, 0.5) is 11.4 Å². The number of benzene rings is 2. The number of halogens is 1. The number of rotatable bonds is 4. The third-order valence-corrected chi connectivity index (χ3v) is 3.97. The van der Waals surface area contributed by atoms with Crippen LogP contribution in [0.25, 0.3) is 0 Å². The lowest BCUT2D eigenvalue weighted by Crippen LogP contribution is -2.17. The molecule has 130 valence electrons. The fourth-order valence-electron chi connectivity index (χ4n) is 2.36. The van der Waals surface area contributed by atoms with Gasteiger partial charge >= 0.3 is 0 Å². The Kier molecular flexibility index (Phi) is 5.29. The quantitative estimate of drug-likeness (QED) is 0.712. The minimum atomic E-state index is -0.419. The van der Waals surface area contributed by atoms with Crippen LogP contribution < -0.4 is 10.6 Å². The van der Waals surface area contributed by atoms with Crippen LogP contribution in [0.15, 0.2) is 66.9 Å². The first-order valence-corrected chi connectivity index (χ1v) is 8.31. The van der Waals surface area contributed by atoms with Crippen molar-refractivity contribution < 1.29 is 9.59 Å². The van der Waals surface area contributed by atoms with Crippen molar-refractivity contribution >= 4 is 34.8 Å². The molecule has 3 rings (SSSR count). The first kappa shape index (κ1) is 17.6. The van der Waals surface area contributed by atoms with Crippen molar-refractivity contribution in [3.63, 3.8) is 0 Å². The first-order valence-electron chi connectivity index (χ1n) is 7.93. The molecule has 0 fully saturated rings. The maximum Gasteiger partial charge on any atom is 0.274 e. The second-order valence-corrected chi connectivity index (χ2v) is 6.10. The SMILES string of the molecule is Cc1ccccc1NC(=O)c1ccnc(C(=O)Nc2cccc(Cl)c2)c1. The van der Waals surface area contributed by atoms with E-state index in [4.69, 9.17) is 11.6 Å². The number of para-hydroxylation sites is 1. The molecule has 5 nitrogen and oxygen atoms in total. The summed E-state index contributed by atoms with van der Waals surface area (Å²) in [6.07, 6.45) is 1.43. The van der Waals surface area contributed by atoms with Crippen LogP contribution in [0.2, 0.25) is 5.02 Å². The number of nitrogens with zero attached hydrogens (tertiary/aromatic N) is 1. The van der Waals surface area contributed by atoms with E-state index in [0.29, 0.717) is 16.3 Å². The van der Waals surface area contributed by atoms with Gasteiger partial charge in [0.15, 0.2) is 0 Å². The van der Waals surface area contributed by atoms with E-state index >= 15 is 0 Å². The van der Waals surface area contributed by atoms with E-state index in [-0.39, 0.29) is 11.6 Å². The van der Waals surface area contributed by atoms with E-state index in [1.54, 1.807) is 30.3 Å². The summed E-state index contributed by atoms with van der Waals surface area (Å²) in [5.74, 6) is -0.726. The normalized spacial score (nSPS) is 10.2. The van der Waals surface area contributed by atoms with E-state index in [2.05, 4.69) is 15.6 Å². The van der Waals surface area contributed by atoms with Crippen molar-refractivity contribution in [2.45, 2.75) is 6.92 Å². The molecule has 3 aromatic rings. The van der Waals surface area contributed by atoms with Gasteiger partial charge in [0.05, 0.1) is 0 Å². The van der Waals surface area contributed by atoms with Crippen LogP contribution in [-0.2, 0) is 0 Å². The Hall–Kier alpha value is -3.18. The van der Waals surface area contributed by atoms with Gasteiger partial charge in [-0.1, -0.05) is 35.9 Å². The lowest BCUT2D eigenvalue weighted by atomic mass is 10.1. The molecule has 0 aliphatic carbocycles. The number of nitrogens with one attached hydrogen (secondary N) is 2. The minimum absolute atomic E-state index is 0.141. The average molecular weight is 366 g/mol. The van der Waals surface area contributed by atoms with Gasteiger partial charge in [-0.25, -0.2) is 0 Å². The molecule has 1 heterocycles. The average Bonchev–Trinajstić information content (AvgIpc) is 2.63. The highest BCUT2D eigenvalue weighted by atomic mass is 35.5. The third kappa shape index (κ3) is 4.26. The van der Waals surface area contributed by atoms with Gasteiger partial charge in [0.2, 0.25) is 0 Å². The lowest BCUT2D eigenvalue weighted by molar-refractivity contribution is 0.102. The van der Waals surface area contributed by atoms with Gasteiger partial charge in [0.1, 0.15) is 5.69 Å². The van der Waals surface area contributed by atoms with Crippen molar-refractivity contribution in [2.24, 2.45) is 0 Å². The lowest BCUT2D eigenvalue weighted by Gasteiger charge is -2.09. The molecule has 0 unspecified atom stereocenters. The molecule has 2 N–H and O–H groups in total. The number of aromatic nitrogens is 1. The molecule has 0 atom stereocenters. The molecule has 6 heteroatoms. The zero-order valence-corrected chi connectivity index (χ0v) is 14.7. The van der Waals surface area contributed by atoms with E-state index in [9.17, 15) is 9.59 Å². The number of carbonyl (C=O) groups is 2. The number of hydrogen-bond donors (Lipinski definition) is 2. The molecule has 0 spiro atoms. The third-order valence-electron chi connectivity index (χ3n) is 3.73. The molecule has 2 amide bonds. The van der Waals surface area contributed by atoms with Gasteiger partial charge in [-0.05, 0) is 48.9 Å². The van der Waals surface area contributed by atoms with E-state index in [0.717, 1.165) is 11.3 Å². The molecule has 1 aromatic heterocycles. The van der Waals surface area contributed by atoms with Crippen molar-refractivity contribution in [1.82, 2.24) is 4.98 Å². The molecule has 26 heavy (non-hydrogen) atoms. The summed E-state index contributed by atoms with van der Waals surface area (Å²) in [7, 11) is 0. The number of aryl methyl sites for hydroxylation is 1. The van der Waals surface area contributed by atoms with Crippen LogP contribution in [0.3, 0.4) is 0 Å². The molecule has 0 radical (unpaired) electrons. The summed E-state index contributed by atoms with van der Waals surface area (Å²) in [4.78, 5) is 28.9. The predicted octanol–water partition coefficient (Wildman–Crippen LogP) is 4.55. The summed E-state index contributed by atoms with van der Waals surface area (Å²) >= 11 is 5.91. The van der Waals surface area contributed by atoms with Crippen LogP contribution in [-0.4, -0.2) is 16.8 Å². The second kappa shape index (κ2) is 7.80. The van der Waals surface area contributed by atoms with Crippen molar-refractivity contribution in [3.8, 4) is 0 Å². The van der Waals surface area contributed by atoms with Gasteiger partial charge < -0.3 is 10.6 Å². The Bertz CT molecular complexity index is 973. The standard InChI is InChI=1S/C20H16ClN3O2/c1-13-5-2-3-8-17(13)24-19(25)14-9-10-22-18(11-14)20(26)23-16-7-4-6-15(21)12-16/h2-12H,1H3,(H,23,26)(H,24,25). The molecule has 0 aliphatic rings. The van der Waals surface area contributed by atoms with Gasteiger partial charge in [0.25, 0.3) is 11.8 Å². The highest BCUT2D eigenvalue weighted by Crippen LogP contribution is 2.17. The summed E-state index contributed by atoms with van der Waals surface area (Å²) in [5, 5.41) is 6.06. The van der Waals surface area contributed by atoms with Gasteiger partial charge in [0, 0.05) is 28.2 Å². The van der Waals surface area contributed by atoms with Crippen LogP contribution in [0, 0.1) is 6.92 Å². The zero-order chi connectivity index (χ0) is 18.5. The fourth-order valence-corrected chi connectivity index (χ4v) is 2.56. The highest BCUT2D eigenvalue weighted by molar-refractivity contribution is 6.31. The van der Waals surface area contributed by atoms with E-state index in [1.807, 2.05) is 31.2 Å². The topological polar surface area (TPSA) is 71.1 Å². The maximum absolute atomic E-state index is 12.5. The summed E-state index contributed by atoms with van der Waals surface area (Å²) < 4.78 is 0. The Balaban J connectivity index is 1.76. The zero-order valence-electron chi connectivity index (χ0n) is 14.0. The number of amides is 2. The molecule has 0 saturated carbocycles. The largest absolute Gasteiger partial charge is 0.322 e. The molecule has 0 aliphatic heterocycles. The Morgan fingerprint density at radius 3 is 2.50 bits per heavy atom. The summed E-state index contributed by atoms with van der Waals surface area (Å²) in [5.41, 5.74) is 2.72. The summed E-state index contributed by atoms with van der Waals surface area (Å²) in [6.45, 7) is 1.91. The first-order chi connectivity index (χ1) is 12.5. The van der Waals surface area contributed by atoms with Gasteiger partial charge in [-0.3, -0.25) is 14.6 Å². The number of pyridine rings is 1. The Morgan fingerprint density at radius 1 is 0.923 bits per heavy atom. The van der Waals surface area contributed by atoms with Crippen LogP contribution >= 0.6 is 11.6 Å². The molecule has 0 bridgehead atoms. The number of hydrogen-bond acceptors (Lipinski definition) is 3. The summed E-state index contributed by atoms with van der Waals surface area (Å²) in [6, 6.07) is 17.3. The smallest absolute Gasteiger partial charge is 0.274 e. The molecule has 2 aromatic carbocycles. The maximum atomic E-state index is 12.5.